The summed E-state index contributed by atoms with van der Waals surface area (Å²) >= 11 is 0. The van der Waals surface area contributed by atoms with Crippen LogP contribution >= 0.6 is 0 Å². The Morgan fingerprint density at radius 2 is 2.19 bits per heavy atom. The van der Waals surface area contributed by atoms with Crippen molar-refractivity contribution in [3.05, 3.63) is 23.7 Å². The normalized spacial score (nSPS) is 26.1. The van der Waals surface area contributed by atoms with Gasteiger partial charge in [-0.1, -0.05) is 20.8 Å². The second-order valence-electron chi connectivity index (χ2n) is 5.17. The number of rotatable bonds is 5. The zero-order chi connectivity index (χ0) is 11.7. The van der Waals surface area contributed by atoms with E-state index in [4.69, 9.17) is 10.2 Å². The molecule has 3 unspecified atom stereocenters. The molecule has 90 valence electrons. The average Bonchev–Trinajstić information content (AvgIpc) is 2.79. The maximum atomic E-state index is 5.89. The highest BCUT2D eigenvalue weighted by Gasteiger charge is 2.36. The molecule has 0 bridgehead atoms. The van der Waals surface area contributed by atoms with E-state index < -0.39 is 0 Å². The zero-order valence-electron chi connectivity index (χ0n) is 10.4. The SMILES string of the molecule is CC(C)NC(CN)c1ccc(C2CC2C)o1. The van der Waals surface area contributed by atoms with Gasteiger partial charge in [0.1, 0.15) is 11.5 Å². The Labute approximate surface area is 97.4 Å². The van der Waals surface area contributed by atoms with Crippen LogP contribution in [0.25, 0.3) is 0 Å². The summed E-state index contributed by atoms with van der Waals surface area (Å²) in [5.74, 6) is 3.54. The summed E-state index contributed by atoms with van der Waals surface area (Å²) in [6.45, 7) is 7.08. The van der Waals surface area contributed by atoms with Crippen molar-refractivity contribution in [1.82, 2.24) is 5.32 Å². The van der Waals surface area contributed by atoms with Crippen LogP contribution in [0, 0.1) is 5.92 Å². The van der Waals surface area contributed by atoms with Crippen LogP contribution in [0.1, 0.15) is 50.7 Å². The lowest BCUT2D eigenvalue weighted by molar-refractivity contribution is 0.376. The molecule has 0 saturated heterocycles. The van der Waals surface area contributed by atoms with Crippen LogP contribution in [0.3, 0.4) is 0 Å². The number of nitrogens with one attached hydrogen (secondary N) is 1. The zero-order valence-corrected chi connectivity index (χ0v) is 10.4. The second-order valence-corrected chi connectivity index (χ2v) is 5.17. The minimum atomic E-state index is 0.141. The molecule has 1 aromatic heterocycles. The Morgan fingerprint density at radius 3 is 2.69 bits per heavy atom. The molecule has 0 aromatic carbocycles. The van der Waals surface area contributed by atoms with Crippen LogP contribution in [-0.4, -0.2) is 12.6 Å². The fraction of sp³-hybridized carbons (Fsp3) is 0.692. The van der Waals surface area contributed by atoms with E-state index in [1.165, 1.54) is 6.42 Å². The number of nitrogens with two attached hydrogens (primary N) is 1. The van der Waals surface area contributed by atoms with Gasteiger partial charge >= 0.3 is 0 Å². The third-order valence-corrected chi connectivity index (χ3v) is 3.24. The van der Waals surface area contributed by atoms with E-state index in [1.807, 2.05) is 0 Å². The van der Waals surface area contributed by atoms with Crippen LogP contribution in [0.2, 0.25) is 0 Å². The van der Waals surface area contributed by atoms with Crippen LogP contribution in [0.15, 0.2) is 16.5 Å². The highest BCUT2D eigenvalue weighted by molar-refractivity contribution is 5.19. The molecule has 3 N–H and O–H groups in total. The van der Waals surface area contributed by atoms with E-state index in [-0.39, 0.29) is 6.04 Å². The quantitative estimate of drug-likeness (QED) is 0.804. The Bertz CT molecular complexity index is 345. The molecule has 0 amide bonds. The second kappa shape index (κ2) is 4.60. The Morgan fingerprint density at radius 1 is 1.50 bits per heavy atom. The molecule has 2 rings (SSSR count). The van der Waals surface area contributed by atoms with Gasteiger partial charge in [-0.05, 0) is 24.5 Å². The maximum absolute atomic E-state index is 5.89. The molecule has 1 aliphatic rings. The van der Waals surface area contributed by atoms with Gasteiger partial charge in [0.15, 0.2) is 0 Å². The number of hydrogen-bond acceptors (Lipinski definition) is 3. The van der Waals surface area contributed by atoms with Crippen molar-refractivity contribution in [3.8, 4) is 0 Å². The maximum Gasteiger partial charge on any atom is 0.122 e. The molecular formula is C13H22N2O. The molecule has 3 nitrogen and oxygen atoms in total. The van der Waals surface area contributed by atoms with Crippen LogP contribution < -0.4 is 11.1 Å². The van der Waals surface area contributed by atoms with Gasteiger partial charge in [0.2, 0.25) is 0 Å². The van der Waals surface area contributed by atoms with Crippen molar-refractivity contribution in [2.75, 3.05) is 6.54 Å². The monoisotopic (exact) mass is 222 g/mol. The van der Waals surface area contributed by atoms with E-state index >= 15 is 0 Å². The van der Waals surface area contributed by atoms with Crippen molar-refractivity contribution >= 4 is 0 Å². The smallest absolute Gasteiger partial charge is 0.122 e. The van der Waals surface area contributed by atoms with E-state index in [2.05, 4.69) is 38.2 Å². The lowest BCUT2D eigenvalue weighted by Gasteiger charge is -2.17. The minimum Gasteiger partial charge on any atom is -0.464 e. The molecule has 16 heavy (non-hydrogen) atoms. The standard InChI is InChI=1S/C13H22N2O/c1-8(2)15-11(7-14)13-5-4-12(16-13)10-6-9(10)3/h4-5,8-11,15H,6-7,14H2,1-3H3. The summed E-state index contributed by atoms with van der Waals surface area (Å²) in [6, 6.07) is 4.73. The first kappa shape index (κ1) is 11.7. The lowest BCUT2D eigenvalue weighted by atomic mass is 10.2. The van der Waals surface area contributed by atoms with Gasteiger partial charge in [-0.3, -0.25) is 0 Å². The van der Waals surface area contributed by atoms with E-state index in [1.54, 1.807) is 0 Å². The molecule has 0 radical (unpaired) electrons. The van der Waals surface area contributed by atoms with Gasteiger partial charge in [-0.2, -0.15) is 0 Å². The summed E-state index contributed by atoms with van der Waals surface area (Å²) in [6.07, 6.45) is 1.26. The molecule has 0 aliphatic heterocycles. The first-order valence-corrected chi connectivity index (χ1v) is 6.17. The number of furan rings is 1. The van der Waals surface area contributed by atoms with Gasteiger partial charge in [0, 0.05) is 18.5 Å². The van der Waals surface area contributed by atoms with Gasteiger partial charge in [0.25, 0.3) is 0 Å². The highest BCUT2D eigenvalue weighted by Crippen LogP contribution is 2.47. The third-order valence-electron chi connectivity index (χ3n) is 3.24. The van der Waals surface area contributed by atoms with Crippen molar-refractivity contribution in [2.45, 2.75) is 45.2 Å². The van der Waals surface area contributed by atoms with Crippen LogP contribution in [0.5, 0.6) is 0 Å². The molecule has 1 aliphatic carbocycles. The molecular weight excluding hydrogens is 200 g/mol. The van der Waals surface area contributed by atoms with Crippen molar-refractivity contribution < 1.29 is 4.42 Å². The average molecular weight is 222 g/mol. The Balaban J connectivity index is 2.04. The van der Waals surface area contributed by atoms with Crippen LogP contribution in [0.4, 0.5) is 0 Å². The Kier molecular flexibility index (Phi) is 3.36. The molecule has 1 saturated carbocycles. The van der Waals surface area contributed by atoms with Crippen LogP contribution in [-0.2, 0) is 0 Å². The van der Waals surface area contributed by atoms with Gasteiger partial charge in [-0.15, -0.1) is 0 Å². The van der Waals surface area contributed by atoms with Crippen molar-refractivity contribution in [3.63, 3.8) is 0 Å². The topological polar surface area (TPSA) is 51.2 Å². The minimum absolute atomic E-state index is 0.141. The fourth-order valence-electron chi connectivity index (χ4n) is 2.14. The molecule has 1 fully saturated rings. The van der Waals surface area contributed by atoms with Gasteiger partial charge in [-0.25, -0.2) is 0 Å². The summed E-state index contributed by atoms with van der Waals surface area (Å²) in [4.78, 5) is 0. The molecule has 3 atom stereocenters. The molecule has 3 heteroatoms. The first-order chi connectivity index (χ1) is 7.61. The predicted molar refractivity (Wildman–Crippen MR) is 65.3 cm³/mol. The Hall–Kier alpha value is -0.800. The van der Waals surface area contributed by atoms with E-state index in [0.717, 1.165) is 17.4 Å². The highest BCUT2D eigenvalue weighted by atomic mass is 16.3. The summed E-state index contributed by atoms with van der Waals surface area (Å²) in [5.41, 5.74) is 5.76. The summed E-state index contributed by atoms with van der Waals surface area (Å²) in [5, 5.41) is 3.41. The fourth-order valence-corrected chi connectivity index (χ4v) is 2.14. The van der Waals surface area contributed by atoms with E-state index in [0.29, 0.717) is 18.5 Å². The van der Waals surface area contributed by atoms with Crippen molar-refractivity contribution in [2.24, 2.45) is 11.7 Å². The van der Waals surface area contributed by atoms with Crippen molar-refractivity contribution in [1.29, 1.82) is 0 Å². The lowest BCUT2D eigenvalue weighted by Crippen LogP contribution is -2.32. The number of hydrogen-bond donors (Lipinski definition) is 2. The predicted octanol–water partition coefficient (Wildman–Crippen LogP) is 2.40. The van der Waals surface area contributed by atoms with Gasteiger partial charge in [0.05, 0.1) is 6.04 Å². The van der Waals surface area contributed by atoms with Gasteiger partial charge < -0.3 is 15.5 Å². The largest absolute Gasteiger partial charge is 0.464 e. The molecule has 0 spiro atoms. The summed E-state index contributed by atoms with van der Waals surface area (Å²) in [7, 11) is 0. The molecule has 1 heterocycles. The van der Waals surface area contributed by atoms with E-state index in [9.17, 15) is 0 Å². The first-order valence-electron chi connectivity index (χ1n) is 6.17. The molecule has 1 aromatic rings. The summed E-state index contributed by atoms with van der Waals surface area (Å²) < 4.78 is 5.89. The third kappa shape index (κ3) is 2.47.